The second-order valence-corrected chi connectivity index (χ2v) is 13.3. The SMILES string of the molecule is CC(=O)NC(CCC(=O)NCc1c(O)c(=O)cc(C)n1C)(CCC(=O)NCc1c(O)c(=O)cc(C)n1C)CCC(=O)NCc1c(O)c(=O)cc(C)n1C. The van der Waals surface area contributed by atoms with E-state index in [2.05, 4.69) is 21.3 Å². The molecule has 0 unspecified atom stereocenters. The van der Waals surface area contributed by atoms with Crippen molar-refractivity contribution in [2.24, 2.45) is 21.1 Å². The molecule has 17 nitrogen and oxygen atoms in total. The minimum Gasteiger partial charge on any atom is -0.503 e. The van der Waals surface area contributed by atoms with Crippen LogP contribution in [0.1, 0.15) is 79.6 Å². The molecular formula is C36H49N7O10. The number of carbonyl (C=O) groups is 4. The van der Waals surface area contributed by atoms with E-state index < -0.39 is 62.7 Å². The molecule has 3 aromatic rings. The van der Waals surface area contributed by atoms with Gasteiger partial charge in [-0.25, -0.2) is 0 Å². The van der Waals surface area contributed by atoms with E-state index in [1.807, 2.05) is 0 Å². The molecule has 0 bridgehead atoms. The maximum atomic E-state index is 13.1. The van der Waals surface area contributed by atoms with E-state index in [0.29, 0.717) is 17.1 Å². The Balaban J connectivity index is 1.80. The Bertz CT molecular complexity index is 1860. The largest absolute Gasteiger partial charge is 0.503 e. The third kappa shape index (κ3) is 10.6. The monoisotopic (exact) mass is 739 g/mol. The van der Waals surface area contributed by atoms with Crippen molar-refractivity contribution in [1.82, 2.24) is 35.0 Å². The molecule has 4 amide bonds. The molecule has 0 spiro atoms. The van der Waals surface area contributed by atoms with Crippen LogP contribution in [-0.2, 0) is 60.0 Å². The van der Waals surface area contributed by atoms with Crippen LogP contribution < -0.4 is 37.6 Å². The smallest absolute Gasteiger partial charge is 0.223 e. The van der Waals surface area contributed by atoms with Gasteiger partial charge in [-0.15, -0.1) is 0 Å². The first-order valence-corrected chi connectivity index (χ1v) is 17.0. The fourth-order valence-corrected chi connectivity index (χ4v) is 6.02. The summed E-state index contributed by atoms with van der Waals surface area (Å²) in [5, 5.41) is 41.8. The number of nitrogens with zero attached hydrogens (tertiary/aromatic N) is 3. The lowest BCUT2D eigenvalue weighted by Crippen LogP contribution is -2.49. The summed E-state index contributed by atoms with van der Waals surface area (Å²) in [7, 11) is 4.90. The van der Waals surface area contributed by atoms with Gasteiger partial charge in [-0.3, -0.25) is 33.6 Å². The molecule has 288 valence electrons. The van der Waals surface area contributed by atoms with Crippen LogP contribution in [0.15, 0.2) is 32.6 Å². The molecule has 0 saturated carbocycles. The maximum absolute atomic E-state index is 13.1. The summed E-state index contributed by atoms with van der Waals surface area (Å²) in [6.07, 6.45) is -0.581. The molecule has 0 aliphatic rings. The van der Waals surface area contributed by atoms with Crippen LogP contribution in [0, 0.1) is 20.8 Å². The van der Waals surface area contributed by atoms with Gasteiger partial charge in [0.05, 0.1) is 36.7 Å². The van der Waals surface area contributed by atoms with Gasteiger partial charge in [-0.05, 0) is 40.0 Å². The van der Waals surface area contributed by atoms with Crippen molar-refractivity contribution < 1.29 is 34.5 Å². The summed E-state index contributed by atoms with van der Waals surface area (Å²) in [5.74, 6) is -3.45. The Kier molecular flexibility index (Phi) is 13.8. The summed E-state index contributed by atoms with van der Waals surface area (Å²) in [5.41, 5.74) is -0.749. The lowest BCUT2D eigenvalue weighted by Gasteiger charge is -2.35. The van der Waals surface area contributed by atoms with Gasteiger partial charge in [-0.1, -0.05) is 0 Å². The van der Waals surface area contributed by atoms with Gasteiger partial charge in [-0.2, -0.15) is 0 Å². The van der Waals surface area contributed by atoms with Gasteiger partial charge in [0.1, 0.15) is 0 Å². The lowest BCUT2D eigenvalue weighted by atomic mass is 9.83. The molecule has 0 aromatic carbocycles. The molecule has 0 radical (unpaired) electrons. The number of amides is 4. The van der Waals surface area contributed by atoms with Crippen molar-refractivity contribution in [3.8, 4) is 17.2 Å². The number of pyridine rings is 3. The van der Waals surface area contributed by atoms with E-state index >= 15 is 0 Å². The highest BCUT2D eigenvalue weighted by molar-refractivity contribution is 5.79. The van der Waals surface area contributed by atoms with Crippen molar-refractivity contribution in [1.29, 1.82) is 0 Å². The molecule has 53 heavy (non-hydrogen) atoms. The van der Waals surface area contributed by atoms with Gasteiger partial charge in [0.25, 0.3) is 0 Å². The molecule has 3 aromatic heterocycles. The topological polar surface area (TPSA) is 243 Å². The molecule has 0 aliphatic heterocycles. The molecule has 3 rings (SSSR count). The molecule has 3 heterocycles. The minimum atomic E-state index is -1.26. The maximum Gasteiger partial charge on any atom is 0.223 e. The number of rotatable bonds is 16. The zero-order chi connectivity index (χ0) is 39.8. The van der Waals surface area contributed by atoms with Crippen molar-refractivity contribution in [3.63, 3.8) is 0 Å². The highest BCUT2D eigenvalue weighted by atomic mass is 16.3. The van der Waals surface area contributed by atoms with Crippen LogP contribution in [0.5, 0.6) is 17.2 Å². The highest BCUT2D eigenvalue weighted by Crippen LogP contribution is 2.27. The quantitative estimate of drug-likeness (QED) is 0.106. The second kappa shape index (κ2) is 17.6. The Morgan fingerprint density at radius 1 is 0.566 bits per heavy atom. The van der Waals surface area contributed by atoms with E-state index in [4.69, 9.17) is 0 Å². The van der Waals surface area contributed by atoms with E-state index in [0.717, 1.165) is 0 Å². The Hall–Kier alpha value is -5.87. The number of nitrogens with one attached hydrogen (secondary N) is 4. The van der Waals surface area contributed by atoms with Gasteiger partial charge in [0, 0.05) is 88.1 Å². The fraction of sp³-hybridized carbons (Fsp3) is 0.472. The molecular weight excluding hydrogens is 690 g/mol. The lowest BCUT2D eigenvalue weighted by molar-refractivity contribution is -0.126. The summed E-state index contributed by atoms with van der Waals surface area (Å²) in [6.45, 7) is 5.79. The van der Waals surface area contributed by atoms with Crippen LogP contribution in [0.4, 0.5) is 0 Å². The molecule has 17 heteroatoms. The third-order valence-corrected chi connectivity index (χ3v) is 9.63. The molecule has 0 saturated heterocycles. The van der Waals surface area contributed by atoms with E-state index in [-0.39, 0.29) is 75.2 Å². The number of hydrogen-bond acceptors (Lipinski definition) is 10. The van der Waals surface area contributed by atoms with Gasteiger partial charge in [0.15, 0.2) is 17.2 Å². The highest BCUT2D eigenvalue weighted by Gasteiger charge is 2.33. The van der Waals surface area contributed by atoms with Crippen LogP contribution in [0.25, 0.3) is 0 Å². The first kappa shape index (κ1) is 41.5. The molecule has 0 aliphatic carbocycles. The number of aromatic nitrogens is 3. The van der Waals surface area contributed by atoms with Crippen LogP contribution >= 0.6 is 0 Å². The third-order valence-electron chi connectivity index (χ3n) is 9.63. The summed E-state index contributed by atoms with van der Waals surface area (Å²) in [4.78, 5) is 88.3. The Labute approximate surface area is 305 Å². The number of aryl methyl sites for hydroxylation is 3. The fourth-order valence-electron chi connectivity index (χ4n) is 6.02. The van der Waals surface area contributed by atoms with Gasteiger partial charge >= 0.3 is 0 Å². The van der Waals surface area contributed by atoms with Crippen LogP contribution in [0.2, 0.25) is 0 Å². The minimum absolute atomic E-state index is 0.0158. The Morgan fingerprint density at radius 3 is 1.08 bits per heavy atom. The number of carbonyl (C=O) groups excluding carboxylic acids is 4. The molecule has 0 fully saturated rings. The summed E-state index contributed by atoms with van der Waals surface area (Å²) < 4.78 is 4.70. The normalized spacial score (nSPS) is 11.2. The van der Waals surface area contributed by atoms with Gasteiger partial charge < -0.3 is 50.3 Å². The summed E-state index contributed by atoms with van der Waals surface area (Å²) >= 11 is 0. The molecule has 0 atom stereocenters. The van der Waals surface area contributed by atoms with Crippen molar-refractivity contribution in [3.05, 3.63) is 83.0 Å². The van der Waals surface area contributed by atoms with Crippen molar-refractivity contribution >= 4 is 23.6 Å². The van der Waals surface area contributed by atoms with Crippen molar-refractivity contribution in [2.75, 3.05) is 0 Å². The standard InChI is InChI=1S/C36H49N7O10/c1-20-14-27(45)33(51)24(41(20)5)17-37-30(48)8-11-36(40-23(4)44,12-9-31(49)38-18-25-34(52)28(46)15-21(2)42(25)6)13-10-32(50)39-19-26-35(53)29(47)16-22(3)43(26)7/h14-16,51-53H,8-13,17-19H2,1-7H3,(H,37,48)(H,38,49)(H,39,50)(H,40,44). The average Bonchev–Trinajstić information content (AvgIpc) is 3.09. The van der Waals surface area contributed by atoms with Gasteiger partial charge in [0.2, 0.25) is 39.9 Å². The number of aromatic hydroxyl groups is 3. The first-order valence-electron chi connectivity index (χ1n) is 17.0. The second-order valence-electron chi connectivity index (χ2n) is 13.3. The predicted octanol–water partition coefficient (Wildman–Crippen LogP) is 0.289. The van der Waals surface area contributed by atoms with E-state index in [1.165, 1.54) is 25.1 Å². The predicted molar refractivity (Wildman–Crippen MR) is 194 cm³/mol. The average molecular weight is 740 g/mol. The first-order chi connectivity index (χ1) is 24.8. The van der Waals surface area contributed by atoms with E-state index in [9.17, 15) is 48.9 Å². The Morgan fingerprint density at radius 2 is 0.830 bits per heavy atom. The number of hydrogen-bond donors (Lipinski definition) is 7. The van der Waals surface area contributed by atoms with E-state index in [1.54, 1.807) is 55.6 Å². The molecule has 7 N–H and O–H groups in total. The summed E-state index contributed by atoms with van der Waals surface area (Å²) in [6, 6.07) is 3.80. The van der Waals surface area contributed by atoms with Crippen LogP contribution in [-0.4, -0.2) is 58.2 Å². The zero-order valence-electron chi connectivity index (χ0n) is 31.1. The van der Waals surface area contributed by atoms with Crippen LogP contribution in [0.3, 0.4) is 0 Å². The van der Waals surface area contributed by atoms with Crippen molar-refractivity contribution in [2.45, 2.75) is 91.4 Å². The zero-order valence-corrected chi connectivity index (χ0v) is 31.1.